The summed E-state index contributed by atoms with van der Waals surface area (Å²) in [5, 5.41) is 3.13. The summed E-state index contributed by atoms with van der Waals surface area (Å²) in [5.41, 5.74) is 0.500. The van der Waals surface area contributed by atoms with Gasteiger partial charge in [-0.3, -0.25) is 0 Å². The molecule has 1 heterocycles. The van der Waals surface area contributed by atoms with Crippen LogP contribution in [0.1, 0.15) is 12.0 Å². The van der Waals surface area contributed by atoms with Crippen molar-refractivity contribution >= 4 is 0 Å². The van der Waals surface area contributed by atoms with Crippen LogP contribution in [0.4, 0.5) is 8.78 Å². The van der Waals surface area contributed by atoms with Gasteiger partial charge < -0.3 is 10.1 Å². The molecule has 1 N–H and O–H groups in total. The van der Waals surface area contributed by atoms with Crippen molar-refractivity contribution < 1.29 is 13.5 Å². The number of hydrogen-bond acceptors (Lipinski definition) is 2. The lowest BCUT2D eigenvalue weighted by Crippen LogP contribution is -2.35. The third-order valence-corrected chi connectivity index (χ3v) is 3.32. The predicted molar refractivity (Wildman–Crippen MR) is 61.9 cm³/mol. The molecule has 1 aromatic rings. The Morgan fingerprint density at radius 3 is 2.82 bits per heavy atom. The first-order chi connectivity index (χ1) is 8.15. The van der Waals surface area contributed by atoms with E-state index in [2.05, 4.69) is 5.32 Å². The second-order valence-corrected chi connectivity index (χ2v) is 4.75. The minimum Gasteiger partial charge on any atom is -0.381 e. The van der Waals surface area contributed by atoms with Crippen LogP contribution in [0, 0.1) is 17.0 Å². The smallest absolute Gasteiger partial charge is 0.129 e. The molecule has 2 nitrogen and oxygen atoms in total. The molecule has 0 spiro atoms. The summed E-state index contributed by atoms with van der Waals surface area (Å²) in [7, 11) is 1.88. The lowest BCUT2D eigenvalue weighted by atomic mass is 9.80. The van der Waals surface area contributed by atoms with Gasteiger partial charge in [0.1, 0.15) is 11.6 Å². The van der Waals surface area contributed by atoms with Gasteiger partial charge in [0.25, 0.3) is 0 Å². The van der Waals surface area contributed by atoms with Gasteiger partial charge in [-0.1, -0.05) is 6.07 Å². The van der Waals surface area contributed by atoms with Crippen LogP contribution in [-0.2, 0) is 11.2 Å². The van der Waals surface area contributed by atoms with E-state index in [0.717, 1.165) is 19.0 Å². The van der Waals surface area contributed by atoms with Crippen LogP contribution < -0.4 is 5.32 Å². The van der Waals surface area contributed by atoms with Crippen molar-refractivity contribution in [3.63, 3.8) is 0 Å². The molecule has 1 saturated heterocycles. The maximum atomic E-state index is 13.6. The van der Waals surface area contributed by atoms with Crippen molar-refractivity contribution in [2.24, 2.45) is 5.41 Å². The number of rotatable bonds is 4. The van der Waals surface area contributed by atoms with Crippen LogP contribution in [0.15, 0.2) is 18.2 Å². The average molecular weight is 241 g/mol. The van der Waals surface area contributed by atoms with E-state index >= 15 is 0 Å². The zero-order valence-electron chi connectivity index (χ0n) is 9.93. The summed E-state index contributed by atoms with van der Waals surface area (Å²) in [6.45, 7) is 2.12. The van der Waals surface area contributed by atoms with Gasteiger partial charge in [-0.25, -0.2) is 8.78 Å². The second-order valence-electron chi connectivity index (χ2n) is 4.75. The molecule has 94 valence electrons. The van der Waals surface area contributed by atoms with Gasteiger partial charge >= 0.3 is 0 Å². The SMILES string of the molecule is CNCC1(Cc2ccc(F)cc2F)CCOC1. The molecule has 4 heteroatoms. The lowest BCUT2D eigenvalue weighted by molar-refractivity contribution is 0.150. The number of ether oxygens (including phenoxy) is 1. The van der Waals surface area contributed by atoms with Crippen molar-refractivity contribution in [2.45, 2.75) is 12.8 Å². The Morgan fingerprint density at radius 2 is 2.24 bits per heavy atom. The van der Waals surface area contributed by atoms with Crippen molar-refractivity contribution in [2.75, 3.05) is 26.8 Å². The van der Waals surface area contributed by atoms with Crippen LogP contribution in [-0.4, -0.2) is 26.8 Å². The molecule has 1 fully saturated rings. The summed E-state index contributed by atoms with van der Waals surface area (Å²) < 4.78 is 31.9. The Morgan fingerprint density at radius 1 is 1.41 bits per heavy atom. The van der Waals surface area contributed by atoms with Gasteiger partial charge in [-0.15, -0.1) is 0 Å². The molecule has 1 atom stereocenters. The Labute approximate surface area is 100.0 Å². The highest BCUT2D eigenvalue weighted by molar-refractivity contribution is 5.20. The highest BCUT2D eigenvalue weighted by Crippen LogP contribution is 2.32. The quantitative estimate of drug-likeness (QED) is 0.872. The number of nitrogens with one attached hydrogen (secondary N) is 1. The van der Waals surface area contributed by atoms with Gasteiger partial charge in [-0.05, 0) is 31.5 Å². The first-order valence-electron chi connectivity index (χ1n) is 5.81. The Kier molecular flexibility index (Phi) is 3.74. The monoisotopic (exact) mass is 241 g/mol. The Bertz CT molecular complexity index is 389. The molecule has 1 aromatic carbocycles. The molecule has 1 aliphatic heterocycles. The summed E-state index contributed by atoms with van der Waals surface area (Å²) in [4.78, 5) is 0. The predicted octanol–water partition coefficient (Wildman–Crippen LogP) is 2.13. The summed E-state index contributed by atoms with van der Waals surface area (Å²) in [6.07, 6.45) is 1.49. The fraction of sp³-hybridized carbons (Fsp3) is 0.538. The molecule has 0 aliphatic carbocycles. The molecule has 1 unspecified atom stereocenters. The molecule has 0 saturated carbocycles. The van der Waals surface area contributed by atoms with Gasteiger partial charge in [-0.2, -0.15) is 0 Å². The highest BCUT2D eigenvalue weighted by atomic mass is 19.1. The Balaban J connectivity index is 2.17. The molecule has 0 bridgehead atoms. The topological polar surface area (TPSA) is 21.3 Å². The summed E-state index contributed by atoms with van der Waals surface area (Å²) >= 11 is 0. The fourth-order valence-corrected chi connectivity index (χ4v) is 2.43. The van der Waals surface area contributed by atoms with Crippen molar-refractivity contribution in [3.8, 4) is 0 Å². The second kappa shape index (κ2) is 5.10. The maximum absolute atomic E-state index is 13.6. The van der Waals surface area contributed by atoms with Crippen LogP contribution >= 0.6 is 0 Å². The van der Waals surface area contributed by atoms with E-state index in [1.165, 1.54) is 12.1 Å². The van der Waals surface area contributed by atoms with E-state index in [0.29, 0.717) is 25.2 Å². The van der Waals surface area contributed by atoms with Crippen molar-refractivity contribution in [1.82, 2.24) is 5.32 Å². The van der Waals surface area contributed by atoms with E-state index in [1.807, 2.05) is 7.05 Å². The lowest BCUT2D eigenvalue weighted by Gasteiger charge is -2.27. The summed E-state index contributed by atoms with van der Waals surface area (Å²) in [6, 6.07) is 3.78. The third kappa shape index (κ3) is 2.82. The van der Waals surface area contributed by atoms with E-state index < -0.39 is 11.6 Å². The largest absolute Gasteiger partial charge is 0.381 e. The van der Waals surface area contributed by atoms with Gasteiger partial charge in [0, 0.05) is 24.6 Å². The molecule has 0 amide bonds. The standard InChI is InChI=1S/C13H17F2NO/c1-16-8-13(4-5-17-9-13)7-10-2-3-11(14)6-12(10)15/h2-3,6,16H,4-5,7-9H2,1H3. The third-order valence-electron chi connectivity index (χ3n) is 3.32. The van der Waals surface area contributed by atoms with Crippen molar-refractivity contribution in [1.29, 1.82) is 0 Å². The van der Waals surface area contributed by atoms with Gasteiger partial charge in [0.05, 0.1) is 6.61 Å². The molecule has 1 aliphatic rings. The zero-order valence-corrected chi connectivity index (χ0v) is 9.93. The van der Waals surface area contributed by atoms with Gasteiger partial charge in [0.2, 0.25) is 0 Å². The normalized spacial score (nSPS) is 24.2. The first-order valence-corrected chi connectivity index (χ1v) is 5.81. The van der Waals surface area contributed by atoms with Crippen molar-refractivity contribution in [3.05, 3.63) is 35.4 Å². The molecular formula is C13H17F2NO. The number of benzene rings is 1. The molecule has 0 aromatic heterocycles. The molecule has 0 radical (unpaired) electrons. The minimum atomic E-state index is -0.531. The number of halogens is 2. The van der Waals surface area contributed by atoms with Crippen LogP contribution in [0.5, 0.6) is 0 Å². The molecule has 17 heavy (non-hydrogen) atoms. The van der Waals surface area contributed by atoms with E-state index in [4.69, 9.17) is 4.74 Å². The summed E-state index contributed by atoms with van der Waals surface area (Å²) in [5.74, 6) is -0.996. The van der Waals surface area contributed by atoms with Gasteiger partial charge in [0.15, 0.2) is 0 Å². The van der Waals surface area contributed by atoms with E-state index in [1.54, 1.807) is 0 Å². The first kappa shape index (κ1) is 12.5. The van der Waals surface area contributed by atoms with Crippen LogP contribution in [0.2, 0.25) is 0 Å². The van der Waals surface area contributed by atoms with E-state index in [9.17, 15) is 8.78 Å². The van der Waals surface area contributed by atoms with Crippen LogP contribution in [0.3, 0.4) is 0 Å². The fourth-order valence-electron chi connectivity index (χ4n) is 2.43. The average Bonchev–Trinajstić information content (AvgIpc) is 2.72. The molecular weight excluding hydrogens is 224 g/mol. The minimum absolute atomic E-state index is 0.0621. The molecule has 2 rings (SSSR count). The van der Waals surface area contributed by atoms with E-state index in [-0.39, 0.29) is 5.41 Å². The maximum Gasteiger partial charge on any atom is 0.129 e. The highest BCUT2D eigenvalue weighted by Gasteiger charge is 2.35. The Hall–Kier alpha value is -1.00. The number of hydrogen-bond donors (Lipinski definition) is 1. The van der Waals surface area contributed by atoms with Crippen LogP contribution in [0.25, 0.3) is 0 Å². The zero-order chi connectivity index (χ0) is 12.3.